The third kappa shape index (κ3) is 5.90. The maximum absolute atomic E-state index is 12.4. The largest absolute Gasteiger partial charge is 0.326 e. The van der Waals surface area contributed by atoms with Crippen molar-refractivity contribution in [2.75, 3.05) is 10.0 Å². The summed E-state index contributed by atoms with van der Waals surface area (Å²) in [5.74, 6) is 0.333. The molecular formula is C22H25N3O3S2. The number of carbonyl (C=O) groups is 1. The van der Waals surface area contributed by atoms with E-state index in [1.165, 1.54) is 16.9 Å². The summed E-state index contributed by atoms with van der Waals surface area (Å²) in [6.45, 7) is 6.14. The molecule has 0 bridgehead atoms. The van der Waals surface area contributed by atoms with Crippen molar-refractivity contribution < 1.29 is 13.2 Å². The summed E-state index contributed by atoms with van der Waals surface area (Å²) in [5.41, 5.74) is 3.64. The van der Waals surface area contributed by atoms with Gasteiger partial charge in [-0.25, -0.2) is 13.4 Å². The van der Waals surface area contributed by atoms with Crippen molar-refractivity contribution in [3.05, 3.63) is 70.7 Å². The van der Waals surface area contributed by atoms with E-state index < -0.39 is 10.0 Å². The minimum atomic E-state index is -3.68. The second kappa shape index (κ2) is 9.40. The van der Waals surface area contributed by atoms with E-state index >= 15 is 0 Å². The molecule has 0 aliphatic rings. The number of hydrogen-bond acceptors (Lipinski definition) is 5. The number of anilines is 2. The lowest BCUT2D eigenvalue weighted by molar-refractivity contribution is -0.116. The molecule has 0 atom stereocenters. The van der Waals surface area contributed by atoms with E-state index in [1.54, 1.807) is 29.6 Å². The number of sulfonamides is 1. The molecule has 0 radical (unpaired) electrons. The molecule has 158 valence electrons. The molecule has 1 aromatic heterocycles. The van der Waals surface area contributed by atoms with Gasteiger partial charge in [-0.1, -0.05) is 43.7 Å². The zero-order valence-electron chi connectivity index (χ0n) is 17.2. The highest BCUT2D eigenvalue weighted by molar-refractivity contribution is 7.93. The number of rotatable bonds is 8. The van der Waals surface area contributed by atoms with Crippen molar-refractivity contribution in [2.45, 2.75) is 44.4 Å². The van der Waals surface area contributed by atoms with Crippen LogP contribution in [0, 0.1) is 6.92 Å². The molecule has 6 nitrogen and oxygen atoms in total. The first kappa shape index (κ1) is 22.0. The predicted octanol–water partition coefficient (Wildman–Crippen LogP) is 4.95. The molecule has 0 aliphatic carbocycles. The zero-order chi connectivity index (χ0) is 21.7. The number of carbonyl (C=O) groups excluding carboxylic acids is 1. The van der Waals surface area contributed by atoms with Crippen molar-refractivity contribution >= 4 is 38.1 Å². The molecule has 1 amide bonds. The first-order valence-electron chi connectivity index (χ1n) is 9.66. The Balaban J connectivity index is 1.53. The summed E-state index contributed by atoms with van der Waals surface area (Å²) in [4.78, 5) is 16.7. The predicted molar refractivity (Wildman–Crippen MR) is 122 cm³/mol. The van der Waals surface area contributed by atoms with Gasteiger partial charge < -0.3 is 5.32 Å². The molecular weight excluding hydrogens is 418 g/mol. The summed E-state index contributed by atoms with van der Waals surface area (Å²) in [6, 6.07) is 14.4. The fraction of sp³-hybridized carbons (Fsp3) is 0.273. The number of benzene rings is 2. The van der Waals surface area contributed by atoms with E-state index in [9.17, 15) is 13.2 Å². The Bertz CT molecular complexity index is 1100. The van der Waals surface area contributed by atoms with Crippen molar-refractivity contribution in [2.24, 2.45) is 0 Å². The van der Waals surface area contributed by atoms with Crippen LogP contribution in [0.5, 0.6) is 0 Å². The van der Waals surface area contributed by atoms with E-state index in [-0.39, 0.29) is 22.4 Å². The molecule has 0 saturated heterocycles. The van der Waals surface area contributed by atoms with Crippen LogP contribution in [0.3, 0.4) is 0 Å². The van der Waals surface area contributed by atoms with Crippen LogP contribution in [0.15, 0.2) is 58.8 Å². The first-order chi connectivity index (χ1) is 14.2. The molecule has 0 fully saturated rings. The molecule has 0 aliphatic heterocycles. The second-order valence-electron chi connectivity index (χ2n) is 7.39. The van der Waals surface area contributed by atoms with Gasteiger partial charge in [-0.15, -0.1) is 11.3 Å². The van der Waals surface area contributed by atoms with E-state index in [0.29, 0.717) is 18.0 Å². The Morgan fingerprint density at radius 1 is 1.07 bits per heavy atom. The van der Waals surface area contributed by atoms with Crippen LogP contribution in [0.2, 0.25) is 0 Å². The monoisotopic (exact) mass is 443 g/mol. The number of hydrogen-bond donors (Lipinski definition) is 2. The molecule has 0 unspecified atom stereocenters. The van der Waals surface area contributed by atoms with Gasteiger partial charge in [0.2, 0.25) is 5.91 Å². The van der Waals surface area contributed by atoms with Gasteiger partial charge >= 0.3 is 0 Å². The molecule has 0 spiro atoms. The fourth-order valence-electron chi connectivity index (χ4n) is 2.78. The van der Waals surface area contributed by atoms with Crippen LogP contribution < -0.4 is 10.0 Å². The normalized spacial score (nSPS) is 11.5. The van der Waals surface area contributed by atoms with Crippen molar-refractivity contribution in [3.8, 4) is 0 Å². The maximum Gasteiger partial charge on any atom is 0.263 e. The highest BCUT2D eigenvalue weighted by Gasteiger charge is 2.16. The average molecular weight is 444 g/mol. The van der Waals surface area contributed by atoms with Gasteiger partial charge in [-0.2, -0.15) is 0 Å². The Labute approximate surface area is 181 Å². The number of thiazole rings is 1. The molecule has 0 saturated carbocycles. The van der Waals surface area contributed by atoms with Crippen LogP contribution in [0.1, 0.15) is 43.0 Å². The van der Waals surface area contributed by atoms with E-state index in [2.05, 4.69) is 28.9 Å². The van der Waals surface area contributed by atoms with Crippen molar-refractivity contribution in [1.29, 1.82) is 0 Å². The van der Waals surface area contributed by atoms with Crippen LogP contribution in [0.4, 0.5) is 10.8 Å². The SMILES string of the molecule is Cc1ccc(S(=O)(=O)Nc2nc(CCC(=O)Nc3ccc(C(C)C)cc3)cs2)cc1. The summed E-state index contributed by atoms with van der Waals surface area (Å²) in [5, 5.41) is 4.92. The van der Waals surface area contributed by atoms with Gasteiger partial charge in [0, 0.05) is 17.5 Å². The zero-order valence-corrected chi connectivity index (χ0v) is 18.8. The fourth-order valence-corrected chi connectivity index (χ4v) is 4.77. The topological polar surface area (TPSA) is 88.2 Å². The minimum Gasteiger partial charge on any atom is -0.326 e. The Kier molecular flexibility index (Phi) is 6.89. The quantitative estimate of drug-likeness (QED) is 0.516. The third-order valence-corrected chi connectivity index (χ3v) is 6.86. The van der Waals surface area contributed by atoms with Gasteiger partial charge in [0.15, 0.2) is 5.13 Å². The molecule has 8 heteroatoms. The second-order valence-corrected chi connectivity index (χ2v) is 9.93. The Morgan fingerprint density at radius 3 is 2.37 bits per heavy atom. The number of aromatic nitrogens is 1. The number of aryl methyl sites for hydroxylation is 2. The summed E-state index contributed by atoms with van der Waals surface area (Å²) < 4.78 is 27.4. The average Bonchev–Trinajstić information content (AvgIpc) is 3.14. The number of nitrogens with zero attached hydrogens (tertiary/aromatic N) is 1. The molecule has 2 aromatic carbocycles. The van der Waals surface area contributed by atoms with Gasteiger partial charge in [0.1, 0.15) is 0 Å². The van der Waals surface area contributed by atoms with Crippen molar-refractivity contribution in [1.82, 2.24) is 4.98 Å². The van der Waals surface area contributed by atoms with E-state index in [0.717, 1.165) is 11.3 Å². The van der Waals surface area contributed by atoms with Gasteiger partial charge in [0.05, 0.1) is 10.6 Å². The standard InChI is InChI=1S/C22H25N3O3S2/c1-15(2)17-6-8-18(9-7-17)23-21(26)13-10-19-14-29-22(24-19)25-30(27,28)20-11-4-16(3)5-12-20/h4-9,11-12,14-15H,10,13H2,1-3H3,(H,23,26)(H,24,25). The van der Waals surface area contributed by atoms with Crippen LogP contribution in [-0.2, 0) is 21.2 Å². The molecule has 2 N–H and O–H groups in total. The van der Waals surface area contributed by atoms with Crippen LogP contribution in [-0.4, -0.2) is 19.3 Å². The summed E-state index contributed by atoms with van der Waals surface area (Å²) in [7, 11) is -3.68. The number of amides is 1. The third-order valence-electron chi connectivity index (χ3n) is 4.57. The van der Waals surface area contributed by atoms with Gasteiger partial charge in [-0.3, -0.25) is 9.52 Å². The lowest BCUT2D eigenvalue weighted by Gasteiger charge is -2.08. The summed E-state index contributed by atoms with van der Waals surface area (Å²) >= 11 is 1.20. The minimum absolute atomic E-state index is 0.109. The van der Waals surface area contributed by atoms with Crippen LogP contribution in [0.25, 0.3) is 0 Å². The Hall–Kier alpha value is -2.71. The van der Waals surface area contributed by atoms with Gasteiger partial charge in [0.25, 0.3) is 10.0 Å². The highest BCUT2D eigenvalue weighted by atomic mass is 32.2. The highest BCUT2D eigenvalue weighted by Crippen LogP contribution is 2.22. The molecule has 1 heterocycles. The van der Waals surface area contributed by atoms with Crippen LogP contribution >= 0.6 is 11.3 Å². The summed E-state index contributed by atoms with van der Waals surface area (Å²) in [6.07, 6.45) is 0.693. The molecule has 3 aromatic rings. The Morgan fingerprint density at radius 2 is 1.73 bits per heavy atom. The number of nitrogens with one attached hydrogen (secondary N) is 2. The lowest BCUT2D eigenvalue weighted by Crippen LogP contribution is -2.13. The first-order valence-corrected chi connectivity index (χ1v) is 12.0. The maximum atomic E-state index is 12.4. The van der Waals surface area contributed by atoms with Gasteiger partial charge in [-0.05, 0) is 49.1 Å². The van der Waals surface area contributed by atoms with E-state index in [1.807, 2.05) is 31.2 Å². The van der Waals surface area contributed by atoms with E-state index in [4.69, 9.17) is 0 Å². The smallest absolute Gasteiger partial charge is 0.263 e. The van der Waals surface area contributed by atoms with Crippen molar-refractivity contribution in [3.63, 3.8) is 0 Å². The molecule has 30 heavy (non-hydrogen) atoms. The molecule has 3 rings (SSSR count). The lowest BCUT2D eigenvalue weighted by atomic mass is 10.0.